The van der Waals surface area contributed by atoms with Gasteiger partial charge in [-0.05, 0) is 41.8 Å². The van der Waals surface area contributed by atoms with Gasteiger partial charge in [-0.15, -0.1) is 0 Å². The lowest BCUT2D eigenvalue weighted by atomic mass is 9.99. The molecule has 4 N–H and O–H groups in total. The molecule has 4 aromatic rings. The molecule has 25 heavy (non-hydrogen) atoms. The van der Waals surface area contributed by atoms with E-state index < -0.39 is 6.23 Å². The first kappa shape index (κ1) is 15.6. The van der Waals surface area contributed by atoms with Crippen LogP contribution in [0, 0.1) is 6.92 Å². The van der Waals surface area contributed by atoms with E-state index >= 15 is 0 Å². The summed E-state index contributed by atoms with van der Waals surface area (Å²) in [4.78, 5) is 7.53. The minimum Gasteiger partial charge on any atom is -0.374 e. The van der Waals surface area contributed by atoms with Crippen LogP contribution in [0.4, 0.5) is 0 Å². The normalized spacial score (nSPS) is 12.4. The molecule has 0 bridgehead atoms. The van der Waals surface area contributed by atoms with Crippen molar-refractivity contribution in [1.29, 1.82) is 0 Å². The molecule has 4 nitrogen and oxygen atoms in total. The van der Waals surface area contributed by atoms with Crippen LogP contribution in [-0.2, 0) is 0 Å². The van der Waals surface area contributed by atoms with Gasteiger partial charge in [0.25, 0.3) is 0 Å². The topological polar surface area (TPSA) is 74.9 Å². The molecule has 0 amide bonds. The maximum atomic E-state index is 9.95. The molecule has 0 aliphatic rings. The summed E-state index contributed by atoms with van der Waals surface area (Å²) in [5.41, 5.74) is 12.8. The summed E-state index contributed by atoms with van der Waals surface area (Å²) in [7, 11) is 0. The second kappa shape index (κ2) is 6.16. The van der Waals surface area contributed by atoms with Gasteiger partial charge in [-0.2, -0.15) is 0 Å². The van der Waals surface area contributed by atoms with Gasteiger partial charge in [-0.3, -0.25) is 4.98 Å². The largest absolute Gasteiger partial charge is 0.374 e. The van der Waals surface area contributed by atoms with Gasteiger partial charge in [-0.1, -0.05) is 42.0 Å². The second-order valence-corrected chi connectivity index (χ2v) is 6.22. The van der Waals surface area contributed by atoms with Crippen LogP contribution >= 0.6 is 0 Å². The zero-order valence-corrected chi connectivity index (χ0v) is 13.9. The molecule has 0 saturated carbocycles. The number of fused-ring (bicyclic) bond motifs is 1. The predicted molar refractivity (Wildman–Crippen MR) is 101 cm³/mol. The Hall–Kier alpha value is -2.95. The number of pyridine rings is 1. The molecular weight excluding hydrogens is 310 g/mol. The third-order valence-electron chi connectivity index (χ3n) is 4.50. The number of hydrogen-bond donors (Lipinski definition) is 3. The predicted octanol–water partition coefficient (Wildman–Crippen LogP) is 4.15. The summed E-state index contributed by atoms with van der Waals surface area (Å²) < 4.78 is 0. The molecule has 0 aliphatic carbocycles. The molecule has 4 heteroatoms. The lowest BCUT2D eigenvalue weighted by molar-refractivity contribution is 0.187. The van der Waals surface area contributed by atoms with Gasteiger partial charge >= 0.3 is 0 Å². The molecule has 0 saturated heterocycles. The number of nitrogens with zero attached hydrogens (tertiary/aromatic N) is 1. The van der Waals surface area contributed by atoms with Gasteiger partial charge in [0, 0.05) is 29.0 Å². The highest BCUT2D eigenvalue weighted by atomic mass is 16.3. The molecule has 2 aromatic heterocycles. The zero-order chi connectivity index (χ0) is 17.4. The van der Waals surface area contributed by atoms with E-state index in [9.17, 15) is 5.11 Å². The first-order chi connectivity index (χ1) is 12.1. The first-order valence-corrected chi connectivity index (χ1v) is 8.20. The number of aryl methyl sites for hydroxylation is 1. The second-order valence-electron chi connectivity index (χ2n) is 6.22. The Morgan fingerprint density at radius 1 is 0.960 bits per heavy atom. The van der Waals surface area contributed by atoms with Gasteiger partial charge in [-0.25, -0.2) is 0 Å². The van der Waals surface area contributed by atoms with E-state index in [1.54, 1.807) is 12.4 Å². The number of aromatic nitrogens is 2. The van der Waals surface area contributed by atoms with E-state index in [4.69, 9.17) is 5.73 Å². The number of aliphatic hydroxyl groups is 1. The van der Waals surface area contributed by atoms with E-state index in [1.807, 2.05) is 24.3 Å². The summed E-state index contributed by atoms with van der Waals surface area (Å²) in [6.45, 7) is 2.07. The highest BCUT2D eigenvalue weighted by molar-refractivity contribution is 5.99. The maximum Gasteiger partial charge on any atom is 0.130 e. The fourth-order valence-electron chi connectivity index (χ4n) is 3.16. The molecule has 2 aromatic carbocycles. The van der Waals surface area contributed by atoms with E-state index in [0.717, 1.165) is 33.3 Å². The molecular formula is C21H19N3O. The van der Waals surface area contributed by atoms with Crippen LogP contribution in [0.25, 0.3) is 33.3 Å². The molecule has 4 rings (SSSR count). The number of hydrogen-bond acceptors (Lipinski definition) is 3. The number of nitrogens with one attached hydrogen (secondary N) is 1. The number of rotatable bonds is 3. The average Bonchev–Trinajstić information content (AvgIpc) is 3.07. The van der Waals surface area contributed by atoms with Crippen molar-refractivity contribution >= 4 is 10.9 Å². The van der Waals surface area contributed by atoms with Crippen LogP contribution in [0.5, 0.6) is 0 Å². The molecule has 2 heterocycles. The molecule has 1 unspecified atom stereocenters. The van der Waals surface area contributed by atoms with Crippen molar-refractivity contribution in [2.75, 3.05) is 0 Å². The van der Waals surface area contributed by atoms with Crippen LogP contribution in [0.3, 0.4) is 0 Å². The van der Waals surface area contributed by atoms with Gasteiger partial charge in [0.1, 0.15) is 6.23 Å². The quantitative estimate of drug-likeness (QED) is 0.494. The summed E-state index contributed by atoms with van der Waals surface area (Å²) in [6.07, 6.45) is 2.53. The Kier molecular flexibility index (Phi) is 3.84. The Morgan fingerprint density at radius 2 is 1.68 bits per heavy atom. The summed E-state index contributed by atoms with van der Waals surface area (Å²) in [6, 6.07) is 18.3. The van der Waals surface area contributed by atoms with Crippen molar-refractivity contribution < 1.29 is 5.11 Å². The van der Waals surface area contributed by atoms with Crippen molar-refractivity contribution in [3.8, 4) is 22.4 Å². The van der Waals surface area contributed by atoms with Crippen LogP contribution in [0.15, 0.2) is 67.0 Å². The summed E-state index contributed by atoms with van der Waals surface area (Å²) >= 11 is 0. The highest BCUT2D eigenvalue weighted by Gasteiger charge is 2.15. The first-order valence-electron chi connectivity index (χ1n) is 8.20. The monoisotopic (exact) mass is 329 g/mol. The van der Waals surface area contributed by atoms with E-state index in [2.05, 4.69) is 47.2 Å². The Balaban J connectivity index is 1.97. The minimum absolute atomic E-state index is 0.686. The van der Waals surface area contributed by atoms with Gasteiger partial charge in [0.2, 0.25) is 0 Å². The lowest BCUT2D eigenvalue weighted by Gasteiger charge is -2.10. The van der Waals surface area contributed by atoms with E-state index in [0.29, 0.717) is 5.56 Å². The Morgan fingerprint density at radius 3 is 2.36 bits per heavy atom. The Bertz CT molecular complexity index is 1020. The van der Waals surface area contributed by atoms with Crippen molar-refractivity contribution in [3.05, 3.63) is 78.1 Å². The third kappa shape index (κ3) is 2.82. The van der Waals surface area contributed by atoms with Crippen LogP contribution < -0.4 is 5.73 Å². The van der Waals surface area contributed by atoms with Gasteiger partial charge < -0.3 is 15.8 Å². The number of nitrogens with two attached hydrogens (primary N) is 1. The Labute approximate surface area is 146 Å². The fourth-order valence-corrected chi connectivity index (χ4v) is 3.16. The number of aliphatic hydroxyl groups excluding tert-OH is 1. The average molecular weight is 329 g/mol. The van der Waals surface area contributed by atoms with Crippen LogP contribution in [0.2, 0.25) is 0 Å². The summed E-state index contributed by atoms with van der Waals surface area (Å²) in [5, 5.41) is 11.0. The highest BCUT2D eigenvalue weighted by Crippen LogP contribution is 2.35. The molecule has 124 valence electrons. The summed E-state index contributed by atoms with van der Waals surface area (Å²) in [5.74, 6) is 0. The van der Waals surface area contributed by atoms with E-state index in [-0.39, 0.29) is 0 Å². The van der Waals surface area contributed by atoms with Crippen molar-refractivity contribution in [3.63, 3.8) is 0 Å². The minimum atomic E-state index is -1.03. The maximum absolute atomic E-state index is 9.95. The van der Waals surface area contributed by atoms with Gasteiger partial charge in [0.15, 0.2) is 0 Å². The number of aromatic amines is 1. The smallest absolute Gasteiger partial charge is 0.130 e. The van der Waals surface area contributed by atoms with E-state index in [1.165, 1.54) is 5.56 Å². The SMILES string of the molecule is Cc1ccc(-c2cc3c(-c4ccncc4)ccc(C(N)O)c3[nH]2)cc1. The molecule has 0 radical (unpaired) electrons. The van der Waals surface area contributed by atoms with Crippen molar-refractivity contribution in [1.82, 2.24) is 9.97 Å². The lowest BCUT2D eigenvalue weighted by Crippen LogP contribution is -2.09. The molecule has 0 aliphatic heterocycles. The number of H-pyrrole nitrogens is 1. The molecule has 0 spiro atoms. The number of benzene rings is 2. The van der Waals surface area contributed by atoms with Crippen molar-refractivity contribution in [2.45, 2.75) is 13.2 Å². The van der Waals surface area contributed by atoms with Gasteiger partial charge in [0.05, 0.1) is 5.52 Å². The van der Waals surface area contributed by atoms with Crippen molar-refractivity contribution in [2.24, 2.45) is 5.73 Å². The fraction of sp³-hybridized carbons (Fsp3) is 0.0952. The van der Waals surface area contributed by atoms with Crippen LogP contribution in [-0.4, -0.2) is 15.1 Å². The van der Waals surface area contributed by atoms with Crippen LogP contribution in [0.1, 0.15) is 17.4 Å². The third-order valence-corrected chi connectivity index (χ3v) is 4.50. The molecule has 0 fully saturated rings. The standard InChI is InChI=1S/C21H19N3O/c1-13-2-4-15(5-3-13)19-12-18-16(14-8-10-23-11-9-14)6-7-17(21(22)25)20(18)24-19/h2-12,21,24-25H,22H2,1H3. The zero-order valence-electron chi connectivity index (χ0n) is 13.9. The molecule has 1 atom stereocenters.